The zero-order valence-electron chi connectivity index (χ0n) is 11.9. The van der Waals surface area contributed by atoms with E-state index >= 15 is 0 Å². The van der Waals surface area contributed by atoms with Gasteiger partial charge in [-0.3, -0.25) is 0 Å². The fourth-order valence-electron chi connectivity index (χ4n) is 1.66. The summed E-state index contributed by atoms with van der Waals surface area (Å²) in [5.41, 5.74) is 6.41. The van der Waals surface area contributed by atoms with Crippen molar-refractivity contribution in [1.29, 1.82) is 0 Å². The van der Waals surface area contributed by atoms with E-state index in [0.717, 1.165) is 18.8 Å². The van der Waals surface area contributed by atoms with Gasteiger partial charge in [0.15, 0.2) is 5.69 Å². The number of rotatable bonds is 4. The number of anilines is 1. The summed E-state index contributed by atoms with van der Waals surface area (Å²) in [5.74, 6) is 0.697. The van der Waals surface area contributed by atoms with E-state index in [1.807, 2.05) is 11.5 Å². The summed E-state index contributed by atoms with van der Waals surface area (Å²) >= 11 is 0. The van der Waals surface area contributed by atoms with E-state index in [4.69, 9.17) is 10.5 Å². The predicted octanol–water partition coefficient (Wildman–Crippen LogP) is 2.39. The third-order valence-corrected chi connectivity index (χ3v) is 2.75. The lowest BCUT2D eigenvalue weighted by molar-refractivity contribution is 0.0521. The minimum Gasteiger partial charge on any atom is -0.461 e. The van der Waals surface area contributed by atoms with E-state index in [1.54, 1.807) is 6.92 Å². The van der Waals surface area contributed by atoms with Gasteiger partial charge < -0.3 is 15.0 Å². The van der Waals surface area contributed by atoms with Crippen molar-refractivity contribution in [3.05, 3.63) is 11.5 Å². The van der Waals surface area contributed by atoms with Crippen LogP contribution in [0.4, 0.5) is 5.82 Å². The first-order valence-electron chi connectivity index (χ1n) is 6.26. The summed E-state index contributed by atoms with van der Waals surface area (Å²) in [7, 11) is 0. The first-order valence-corrected chi connectivity index (χ1v) is 6.26. The standard InChI is InChI=1S/C13H23N3O2/c1-6-18-12(17)10-11(14)16(9(2)15-10)8-7-13(3,4)5/h6-8,14H2,1-5H3. The number of nitrogen functional groups attached to an aromatic ring is 1. The number of hydrogen-bond donors (Lipinski definition) is 1. The molecule has 0 spiro atoms. The van der Waals surface area contributed by atoms with Crippen LogP contribution in [0.3, 0.4) is 0 Å². The first-order chi connectivity index (χ1) is 8.26. The second-order valence-electron chi connectivity index (χ2n) is 5.58. The molecule has 0 bridgehead atoms. The van der Waals surface area contributed by atoms with Crippen LogP contribution in [0.1, 0.15) is 50.4 Å². The highest BCUT2D eigenvalue weighted by Crippen LogP contribution is 2.22. The molecule has 0 atom stereocenters. The van der Waals surface area contributed by atoms with E-state index in [0.29, 0.717) is 12.4 Å². The number of ether oxygens (including phenoxy) is 1. The van der Waals surface area contributed by atoms with E-state index in [9.17, 15) is 4.79 Å². The monoisotopic (exact) mass is 253 g/mol. The summed E-state index contributed by atoms with van der Waals surface area (Å²) in [6.07, 6.45) is 0.969. The minimum atomic E-state index is -0.451. The Kier molecular flexibility index (Phi) is 4.38. The van der Waals surface area contributed by atoms with Gasteiger partial charge in [-0.05, 0) is 25.7 Å². The molecule has 0 fully saturated rings. The molecule has 5 nitrogen and oxygen atoms in total. The maximum Gasteiger partial charge on any atom is 0.360 e. The number of hydrogen-bond acceptors (Lipinski definition) is 4. The Hall–Kier alpha value is -1.52. The summed E-state index contributed by atoms with van der Waals surface area (Å²) < 4.78 is 6.80. The van der Waals surface area contributed by atoms with Crippen molar-refractivity contribution in [3.63, 3.8) is 0 Å². The molecule has 0 aromatic carbocycles. The molecule has 0 aliphatic rings. The number of aromatic nitrogens is 2. The number of aryl methyl sites for hydroxylation is 1. The average molecular weight is 253 g/mol. The van der Waals surface area contributed by atoms with Crippen LogP contribution in [0.5, 0.6) is 0 Å². The molecule has 0 amide bonds. The summed E-state index contributed by atoms with van der Waals surface area (Å²) in [6.45, 7) is 11.2. The Morgan fingerprint density at radius 2 is 2.06 bits per heavy atom. The highest BCUT2D eigenvalue weighted by atomic mass is 16.5. The fraction of sp³-hybridized carbons (Fsp3) is 0.692. The van der Waals surface area contributed by atoms with E-state index in [1.165, 1.54) is 0 Å². The maximum atomic E-state index is 11.7. The highest BCUT2D eigenvalue weighted by molar-refractivity contribution is 5.92. The van der Waals surface area contributed by atoms with Gasteiger partial charge in [0.25, 0.3) is 0 Å². The zero-order valence-corrected chi connectivity index (χ0v) is 11.9. The molecule has 1 heterocycles. The second kappa shape index (κ2) is 5.42. The van der Waals surface area contributed by atoms with Gasteiger partial charge in [0.1, 0.15) is 11.6 Å². The molecule has 0 aliphatic carbocycles. The molecule has 1 aromatic rings. The smallest absolute Gasteiger partial charge is 0.360 e. The second-order valence-corrected chi connectivity index (χ2v) is 5.58. The lowest BCUT2D eigenvalue weighted by Crippen LogP contribution is -2.14. The zero-order chi connectivity index (χ0) is 13.9. The SMILES string of the molecule is CCOC(=O)c1nc(C)n(CCC(C)(C)C)c1N. The van der Waals surface area contributed by atoms with Crippen molar-refractivity contribution in [2.45, 2.75) is 47.6 Å². The number of esters is 1. The van der Waals surface area contributed by atoms with Gasteiger partial charge >= 0.3 is 5.97 Å². The van der Waals surface area contributed by atoms with E-state index in [-0.39, 0.29) is 11.1 Å². The number of carbonyl (C=O) groups is 1. The van der Waals surface area contributed by atoms with E-state index < -0.39 is 5.97 Å². The summed E-state index contributed by atoms with van der Waals surface area (Å²) in [6, 6.07) is 0. The molecule has 0 saturated heterocycles. The Labute approximate surface area is 108 Å². The van der Waals surface area contributed by atoms with Crippen molar-refractivity contribution in [1.82, 2.24) is 9.55 Å². The average Bonchev–Trinajstić information content (AvgIpc) is 2.51. The van der Waals surface area contributed by atoms with Gasteiger partial charge in [-0.15, -0.1) is 0 Å². The van der Waals surface area contributed by atoms with Crippen LogP contribution in [0, 0.1) is 12.3 Å². The number of nitrogens with two attached hydrogens (primary N) is 1. The molecular weight excluding hydrogens is 230 g/mol. The third kappa shape index (κ3) is 3.48. The highest BCUT2D eigenvalue weighted by Gasteiger charge is 2.20. The van der Waals surface area contributed by atoms with Gasteiger partial charge in [-0.1, -0.05) is 20.8 Å². The lowest BCUT2D eigenvalue weighted by Gasteiger charge is -2.19. The van der Waals surface area contributed by atoms with Crippen molar-refractivity contribution < 1.29 is 9.53 Å². The van der Waals surface area contributed by atoms with Crippen LogP contribution >= 0.6 is 0 Å². The first kappa shape index (κ1) is 14.5. The number of imidazole rings is 1. The Bertz CT molecular complexity index is 430. The van der Waals surface area contributed by atoms with Crippen molar-refractivity contribution >= 4 is 11.8 Å². The maximum absolute atomic E-state index is 11.7. The quantitative estimate of drug-likeness (QED) is 0.836. The van der Waals surface area contributed by atoms with Gasteiger partial charge in [0.2, 0.25) is 0 Å². The molecule has 5 heteroatoms. The molecule has 1 rings (SSSR count). The van der Waals surface area contributed by atoms with Crippen molar-refractivity contribution in [2.75, 3.05) is 12.3 Å². The minimum absolute atomic E-state index is 0.216. The number of carbonyl (C=O) groups excluding carboxylic acids is 1. The van der Waals surface area contributed by atoms with Crippen molar-refractivity contribution in [2.24, 2.45) is 5.41 Å². The molecule has 0 unspecified atom stereocenters. The van der Waals surface area contributed by atoms with Gasteiger partial charge in [-0.2, -0.15) is 0 Å². The van der Waals surface area contributed by atoms with Crippen LogP contribution in [-0.4, -0.2) is 22.1 Å². The normalized spacial score (nSPS) is 11.6. The Balaban J connectivity index is 2.91. The van der Waals surface area contributed by atoms with Gasteiger partial charge in [0, 0.05) is 6.54 Å². The van der Waals surface area contributed by atoms with Gasteiger partial charge in [-0.25, -0.2) is 9.78 Å². The Morgan fingerprint density at radius 1 is 1.44 bits per heavy atom. The molecule has 0 radical (unpaired) electrons. The van der Waals surface area contributed by atoms with Crippen LogP contribution < -0.4 is 5.73 Å². The molecular formula is C13H23N3O2. The molecule has 1 aromatic heterocycles. The topological polar surface area (TPSA) is 70.1 Å². The third-order valence-electron chi connectivity index (χ3n) is 2.75. The van der Waals surface area contributed by atoms with Crippen LogP contribution in [-0.2, 0) is 11.3 Å². The Morgan fingerprint density at radius 3 is 2.56 bits per heavy atom. The molecule has 2 N–H and O–H groups in total. The number of nitrogens with zero attached hydrogens (tertiary/aromatic N) is 2. The lowest BCUT2D eigenvalue weighted by atomic mass is 9.92. The van der Waals surface area contributed by atoms with Gasteiger partial charge in [0.05, 0.1) is 6.61 Å². The predicted molar refractivity (Wildman–Crippen MR) is 71.4 cm³/mol. The van der Waals surface area contributed by atoms with Crippen molar-refractivity contribution in [3.8, 4) is 0 Å². The van der Waals surface area contributed by atoms with E-state index in [2.05, 4.69) is 25.8 Å². The summed E-state index contributed by atoms with van der Waals surface area (Å²) in [4.78, 5) is 15.8. The molecule has 102 valence electrons. The largest absolute Gasteiger partial charge is 0.461 e. The fourth-order valence-corrected chi connectivity index (χ4v) is 1.66. The molecule has 0 saturated carbocycles. The van der Waals surface area contributed by atoms with Crippen LogP contribution in [0.25, 0.3) is 0 Å². The molecule has 0 aliphatic heterocycles. The van der Waals surface area contributed by atoms with Crippen LogP contribution in [0.15, 0.2) is 0 Å². The molecule has 18 heavy (non-hydrogen) atoms. The van der Waals surface area contributed by atoms with Crippen LogP contribution in [0.2, 0.25) is 0 Å². The summed E-state index contributed by atoms with van der Waals surface area (Å²) in [5, 5.41) is 0.